The summed E-state index contributed by atoms with van der Waals surface area (Å²) in [5.74, 6) is -0.562. The summed E-state index contributed by atoms with van der Waals surface area (Å²) in [6, 6.07) is 13.3. The SMILES string of the molecule is O=C1c2ccccc2S(=O)(=O)N1CCCCCN1CCN(Cc2ccccc2F)CC1. The van der Waals surface area contributed by atoms with Gasteiger partial charge in [-0.3, -0.25) is 9.69 Å². The van der Waals surface area contributed by atoms with Crippen LogP contribution >= 0.6 is 0 Å². The first-order valence-corrected chi connectivity index (χ1v) is 12.2. The van der Waals surface area contributed by atoms with Crippen molar-refractivity contribution in [3.63, 3.8) is 0 Å². The minimum atomic E-state index is -3.70. The van der Waals surface area contributed by atoms with Crippen LogP contribution in [-0.4, -0.2) is 67.7 Å². The number of fused-ring (bicyclic) bond motifs is 1. The minimum absolute atomic E-state index is 0.119. The zero-order valence-corrected chi connectivity index (χ0v) is 18.4. The van der Waals surface area contributed by atoms with E-state index in [0.29, 0.717) is 13.0 Å². The highest BCUT2D eigenvalue weighted by Crippen LogP contribution is 2.30. The zero-order chi connectivity index (χ0) is 21.8. The van der Waals surface area contributed by atoms with Gasteiger partial charge >= 0.3 is 0 Å². The average molecular weight is 446 g/mol. The van der Waals surface area contributed by atoms with Crippen LogP contribution in [0.1, 0.15) is 35.2 Å². The Morgan fingerprint density at radius 2 is 1.45 bits per heavy atom. The monoisotopic (exact) mass is 445 g/mol. The Labute approximate surface area is 183 Å². The molecule has 0 N–H and O–H groups in total. The largest absolute Gasteiger partial charge is 0.301 e. The summed E-state index contributed by atoms with van der Waals surface area (Å²) < 4.78 is 40.0. The lowest BCUT2D eigenvalue weighted by Gasteiger charge is -2.34. The van der Waals surface area contributed by atoms with Crippen LogP contribution in [0.15, 0.2) is 53.4 Å². The number of carbonyl (C=O) groups excluding carboxylic acids is 1. The number of piperazine rings is 1. The smallest absolute Gasteiger partial charge is 0.269 e. The van der Waals surface area contributed by atoms with E-state index >= 15 is 0 Å². The normalized spacial score (nSPS) is 19.0. The van der Waals surface area contributed by atoms with Crippen molar-refractivity contribution in [2.24, 2.45) is 0 Å². The quantitative estimate of drug-likeness (QED) is 0.585. The van der Waals surface area contributed by atoms with Gasteiger partial charge < -0.3 is 4.90 Å². The number of halogens is 1. The molecule has 2 aromatic carbocycles. The number of sulfonamides is 1. The molecule has 2 aliphatic heterocycles. The van der Waals surface area contributed by atoms with Crippen LogP contribution in [0.4, 0.5) is 4.39 Å². The van der Waals surface area contributed by atoms with Crippen molar-refractivity contribution in [2.45, 2.75) is 30.7 Å². The number of rotatable bonds is 8. The van der Waals surface area contributed by atoms with Gasteiger partial charge in [-0.2, -0.15) is 0 Å². The van der Waals surface area contributed by atoms with Crippen molar-refractivity contribution in [2.75, 3.05) is 39.3 Å². The third-order valence-electron chi connectivity index (χ3n) is 6.06. The molecule has 166 valence electrons. The summed E-state index contributed by atoms with van der Waals surface area (Å²) in [6.45, 7) is 5.54. The highest BCUT2D eigenvalue weighted by Gasteiger charge is 2.40. The van der Waals surface area contributed by atoms with Crippen LogP contribution in [0, 0.1) is 5.82 Å². The van der Waals surface area contributed by atoms with E-state index in [-0.39, 0.29) is 22.8 Å². The van der Waals surface area contributed by atoms with Gasteiger partial charge in [0, 0.05) is 44.8 Å². The number of carbonyl (C=O) groups is 1. The first-order valence-electron chi connectivity index (χ1n) is 10.8. The van der Waals surface area contributed by atoms with Crippen molar-refractivity contribution < 1.29 is 17.6 Å². The molecule has 6 nitrogen and oxygen atoms in total. The molecular weight excluding hydrogens is 417 g/mol. The molecule has 1 fully saturated rings. The first kappa shape index (κ1) is 21.9. The molecule has 2 heterocycles. The van der Waals surface area contributed by atoms with E-state index in [4.69, 9.17) is 0 Å². The van der Waals surface area contributed by atoms with Crippen LogP contribution in [0.3, 0.4) is 0 Å². The molecule has 2 aliphatic rings. The van der Waals surface area contributed by atoms with Crippen LogP contribution in [0.25, 0.3) is 0 Å². The molecule has 0 saturated carbocycles. The standard InChI is InChI=1S/C23H28FN3O3S/c24-21-10-4-2-8-19(21)18-26-16-14-25(15-17-26)12-6-1-7-13-27-23(28)20-9-3-5-11-22(20)31(27,29)30/h2-5,8-11H,1,6-7,12-18H2. The van der Waals surface area contributed by atoms with E-state index in [2.05, 4.69) is 9.80 Å². The first-order chi connectivity index (χ1) is 15.0. The van der Waals surface area contributed by atoms with Crippen molar-refractivity contribution in [1.29, 1.82) is 0 Å². The molecule has 2 aromatic rings. The number of nitrogens with zero attached hydrogens (tertiary/aromatic N) is 3. The summed E-state index contributed by atoms with van der Waals surface area (Å²) in [5, 5.41) is 0. The molecule has 0 unspecified atom stereocenters. The molecule has 0 aliphatic carbocycles. The van der Waals surface area contributed by atoms with E-state index in [9.17, 15) is 17.6 Å². The van der Waals surface area contributed by atoms with Gasteiger partial charge in [0.1, 0.15) is 10.7 Å². The Balaban J connectivity index is 1.16. The third kappa shape index (κ3) is 4.81. The van der Waals surface area contributed by atoms with Crippen LogP contribution in [0.5, 0.6) is 0 Å². The molecule has 0 bridgehead atoms. The van der Waals surface area contributed by atoms with Gasteiger partial charge in [-0.25, -0.2) is 17.1 Å². The number of hydrogen-bond acceptors (Lipinski definition) is 5. The molecule has 8 heteroatoms. The predicted octanol–water partition coefficient (Wildman–Crippen LogP) is 2.96. The highest BCUT2D eigenvalue weighted by molar-refractivity contribution is 7.90. The lowest BCUT2D eigenvalue weighted by atomic mass is 10.1. The van der Waals surface area contributed by atoms with Gasteiger partial charge in [0.25, 0.3) is 15.9 Å². The summed E-state index contributed by atoms with van der Waals surface area (Å²) in [4.78, 5) is 17.2. The fourth-order valence-corrected chi connectivity index (χ4v) is 5.87. The maximum Gasteiger partial charge on any atom is 0.269 e. The topological polar surface area (TPSA) is 60.9 Å². The van der Waals surface area contributed by atoms with Gasteiger partial charge in [-0.15, -0.1) is 0 Å². The van der Waals surface area contributed by atoms with Gasteiger partial charge in [-0.1, -0.05) is 36.8 Å². The molecule has 0 spiro atoms. The molecule has 1 saturated heterocycles. The molecule has 0 aromatic heterocycles. The summed E-state index contributed by atoms with van der Waals surface area (Å²) in [5.41, 5.74) is 1.01. The van der Waals surface area contributed by atoms with Crippen LogP contribution in [0.2, 0.25) is 0 Å². The van der Waals surface area contributed by atoms with E-state index in [1.165, 1.54) is 12.1 Å². The number of unbranched alkanes of at least 4 members (excludes halogenated alkanes) is 2. The van der Waals surface area contributed by atoms with Gasteiger partial charge in [0.2, 0.25) is 0 Å². The average Bonchev–Trinajstić information content (AvgIpc) is 2.97. The molecule has 1 amide bonds. The van der Waals surface area contributed by atoms with Crippen molar-refractivity contribution in [3.05, 3.63) is 65.5 Å². The second-order valence-electron chi connectivity index (χ2n) is 8.15. The molecule has 0 radical (unpaired) electrons. The Bertz CT molecular complexity index is 1040. The van der Waals surface area contributed by atoms with Crippen LogP contribution in [-0.2, 0) is 16.6 Å². The van der Waals surface area contributed by atoms with Gasteiger partial charge in [-0.05, 0) is 37.6 Å². The Kier molecular flexibility index (Phi) is 6.69. The summed E-state index contributed by atoms with van der Waals surface area (Å²) >= 11 is 0. The van der Waals surface area contributed by atoms with E-state index in [1.807, 2.05) is 12.1 Å². The third-order valence-corrected chi connectivity index (χ3v) is 7.90. The molecule has 4 rings (SSSR count). The van der Waals surface area contributed by atoms with Gasteiger partial charge in [0.15, 0.2) is 0 Å². The lowest BCUT2D eigenvalue weighted by Crippen LogP contribution is -2.46. The fraction of sp³-hybridized carbons (Fsp3) is 0.435. The van der Waals surface area contributed by atoms with Crippen molar-refractivity contribution in [1.82, 2.24) is 14.1 Å². The predicted molar refractivity (Wildman–Crippen MR) is 117 cm³/mol. The molecule has 0 atom stereocenters. The highest BCUT2D eigenvalue weighted by atomic mass is 32.2. The fourth-order valence-electron chi connectivity index (χ4n) is 4.26. The van der Waals surface area contributed by atoms with Crippen molar-refractivity contribution >= 4 is 15.9 Å². The Morgan fingerprint density at radius 1 is 0.806 bits per heavy atom. The number of hydrogen-bond donors (Lipinski definition) is 0. The number of benzene rings is 2. The molecular formula is C23H28FN3O3S. The van der Waals surface area contributed by atoms with E-state index < -0.39 is 15.9 Å². The number of amides is 1. The van der Waals surface area contributed by atoms with Crippen LogP contribution < -0.4 is 0 Å². The summed E-state index contributed by atoms with van der Waals surface area (Å²) in [7, 11) is -3.70. The second-order valence-corrected chi connectivity index (χ2v) is 9.98. The maximum absolute atomic E-state index is 13.8. The molecule has 31 heavy (non-hydrogen) atoms. The van der Waals surface area contributed by atoms with Gasteiger partial charge in [0.05, 0.1) is 5.56 Å². The van der Waals surface area contributed by atoms with E-state index in [1.54, 1.807) is 24.3 Å². The second kappa shape index (κ2) is 9.46. The Morgan fingerprint density at radius 3 is 2.19 bits per heavy atom. The minimum Gasteiger partial charge on any atom is -0.301 e. The van der Waals surface area contributed by atoms with Crippen molar-refractivity contribution in [3.8, 4) is 0 Å². The Hall–Kier alpha value is -2.29. The maximum atomic E-state index is 13.8. The lowest BCUT2D eigenvalue weighted by molar-refractivity contribution is 0.0868. The zero-order valence-electron chi connectivity index (χ0n) is 17.5. The van der Waals surface area contributed by atoms with E-state index in [0.717, 1.165) is 55.4 Å². The summed E-state index contributed by atoms with van der Waals surface area (Å²) in [6.07, 6.45) is 2.49.